The lowest BCUT2D eigenvalue weighted by atomic mass is 9.86. The van der Waals surface area contributed by atoms with Crippen LogP contribution in [-0.4, -0.2) is 60.8 Å². The van der Waals surface area contributed by atoms with Gasteiger partial charge in [0.2, 0.25) is 0 Å². The van der Waals surface area contributed by atoms with Crippen LogP contribution in [0.25, 0.3) is 0 Å². The summed E-state index contributed by atoms with van der Waals surface area (Å²) in [6.45, 7) is 7.38. The van der Waals surface area contributed by atoms with E-state index in [4.69, 9.17) is 9.73 Å². The molecule has 3 N–H and O–H groups in total. The number of benzene rings is 1. The number of amides is 2. The molecule has 1 aromatic rings. The van der Waals surface area contributed by atoms with Crippen LogP contribution in [0.4, 0.5) is 4.79 Å². The highest BCUT2D eigenvalue weighted by molar-refractivity contribution is 5.97. The van der Waals surface area contributed by atoms with Gasteiger partial charge in [-0.2, -0.15) is 0 Å². The third-order valence-corrected chi connectivity index (χ3v) is 7.36. The van der Waals surface area contributed by atoms with Gasteiger partial charge in [-0.15, -0.1) is 0 Å². The molecule has 30 heavy (non-hydrogen) atoms. The van der Waals surface area contributed by atoms with Crippen LogP contribution in [0.15, 0.2) is 35.3 Å². The second-order valence-electron chi connectivity index (χ2n) is 9.66. The Balaban J connectivity index is 1.28. The Morgan fingerprint density at radius 2 is 1.93 bits per heavy atom. The molecule has 4 aliphatic rings. The highest BCUT2D eigenvalue weighted by atomic mass is 16.5. The molecule has 1 aromatic carbocycles. The van der Waals surface area contributed by atoms with Crippen LogP contribution in [0.1, 0.15) is 45.1 Å². The Morgan fingerprint density at radius 3 is 2.63 bits per heavy atom. The van der Waals surface area contributed by atoms with Crippen LogP contribution in [-0.2, 0) is 10.3 Å². The van der Waals surface area contributed by atoms with Gasteiger partial charge in [0.15, 0.2) is 6.29 Å². The molecule has 2 saturated heterocycles. The summed E-state index contributed by atoms with van der Waals surface area (Å²) in [6, 6.07) is 10.8. The van der Waals surface area contributed by atoms with Gasteiger partial charge in [0.25, 0.3) is 0 Å². The molecule has 5 rings (SSSR count). The molecule has 7 heteroatoms. The van der Waals surface area contributed by atoms with E-state index in [2.05, 4.69) is 41.9 Å². The fraction of sp³-hybridized carbons (Fsp3) is 0.652. The number of fused-ring (bicyclic) bond motifs is 1. The molecule has 3 fully saturated rings. The van der Waals surface area contributed by atoms with Crippen LogP contribution in [0.2, 0.25) is 0 Å². The van der Waals surface area contributed by atoms with Crippen molar-refractivity contribution in [2.24, 2.45) is 10.9 Å². The lowest BCUT2D eigenvalue weighted by Crippen LogP contribution is -2.56. The molecule has 0 radical (unpaired) electrons. The topological polar surface area (TPSA) is 78.0 Å². The predicted molar refractivity (Wildman–Crippen MR) is 116 cm³/mol. The van der Waals surface area contributed by atoms with Gasteiger partial charge in [0.05, 0.1) is 12.1 Å². The molecule has 0 aromatic heterocycles. The molecule has 3 aliphatic heterocycles. The third-order valence-electron chi connectivity index (χ3n) is 7.36. The van der Waals surface area contributed by atoms with Gasteiger partial charge in [0.1, 0.15) is 0 Å². The Labute approximate surface area is 178 Å². The molecular formula is C23H33N5O2. The van der Waals surface area contributed by atoms with E-state index in [1.807, 2.05) is 23.1 Å². The first-order valence-corrected chi connectivity index (χ1v) is 11.3. The van der Waals surface area contributed by atoms with Gasteiger partial charge < -0.3 is 15.0 Å². The Bertz CT molecular complexity index is 814. The average Bonchev–Trinajstić information content (AvgIpc) is 3.48. The van der Waals surface area contributed by atoms with Crippen molar-refractivity contribution < 1.29 is 9.53 Å². The molecule has 0 spiro atoms. The zero-order valence-electron chi connectivity index (χ0n) is 18.0. The smallest absolute Gasteiger partial charge is 0.318 e. The average molecular weight is 412 g/mol. The van der Waals surface area contributed by atoms with E-state index in [-0.39, 0.29) is 29.3 Å². The molecule has 0 bridgehead atoms. The quantitative estimate of drug-likeness (QED) is 0.710. The van der Waals surface area contributed by atoms with Gasteiger partial charge in [0, 0.05) is 43.0 Å². The summed E-state index contributed by atoms with van der Waals surface area (Å²) >= 11 is 0. The number of urea groups is 1. The zero-order valence-corrected chi connectivity index (χ0v) is 18.0. The van der Waals surface area contributed by atoms with Crippen molar-refractivity contribution in [3.63, 3.8) is 0 Å². The minimum atomic E-state index is -0.271. The standard InChI is InChI=1S/C23H33N5O2/c1-22(2)18-14-24-20(25-17-8-12-30-13-9-17)26-19(18)15-28(22)21(29)27-23(10-11-23)16-6-4-3-5-7-16/h3-7,17-18,20,24-25H,8-15H2,1-2H3,(H,27,29). The second kappa shape index (κ2) is 7.62. The third kappa shape index (κ3) is 3.63. The van der Waals surface area contributed by atoms with Crippen LogP contribution in [0.3, 0.4) is 0 Å². The molecule has 1 saturated carbocycles. The number of nitrogens with zero attached hydrogens (tertiary/aromatic N) is 2. The largest absolute Gasteiger partial charge is 0.381 e. The van der Waals surface area contributed by atoms with Crippen molar-refractivity contribution >= 4 is 11.7 Å². The molecule has 162 valence electrons. The molecule has 3 heterocycles. The second-order valence-corrected chi connectivity index (χ2v) is 9.66. The van der Waals surface area contributed by atoms with Crippen molar-refractivity contribution in [1.29, 1.82) is 0 Å². The van der Waals surface area contributed by atoms with E-state index < -0.39 is 0 Å². The lowest BCUT2D eigenvalue weighted by Gasteiger charge is -2.38. The van der Waals surface area contributed by atoms with E-state index in [0.29, 0.717) is 12.6 Å². The van der Waals surface area contributed by atoms with E-state index in [9.17, 15) is 4.79 Å². The molecule has 2 unspecified atom stereocenters. The van der Waals surface area contributed by atoms with Crippen LogP contribution in [0, 0.1) is 5.92 Å². The van der Waals surface area contributed by atoms with Gasteiger partial charge in [-0.05, 0) is 45.1 Å². The molecule has 2 amide bonds. The van der Waals surface area contributed by atoms with Crippen LogP contribution >= 0.6 is 0 Å². The highest BCUT2D eigenvalue weighted by Crippen LogP contribution is 2.46. The van der Waals surface area contributed by atoms with E-state index in [1.54, 1.807) is 0 Å². The number of carbonyl (C=O) groups is 1. The molecule has 2 atom stereocenters. The van der Waals surface area contributed by atoms with Crippen molar-refractivity contribution in [1.82, 2.24) is 20.9 Å². The zero-order chi connectivity index (χ0) is 20.8. The number of carbonyl (C=O) groups excluding carboxylic acids is 1. The van der Waals surface area contributed by atoms with Crippen molar-refractivity contribution in [3.05, 3.63) is 35.9 Å². The van der Waals surface area contributed by atoms with Crippen LogP contribution < -0.4 is 16.0 Å². The number of ether oxygens (including phenoxy) is 1. The van der Waals surface area contributed by atoms with E-state index in [1.165, 1.54) is 5.56 Å². The maximum Gasteiger partial charge on any atom is 0.318 e. The van der Waals surface area contributed by atoms with Crippen molar-refractivity contribution in [2.45, 2.75) is 62.9 Å². The number of likely N-dealkylation sites (tertiary alicyclic amines) is 1. The Kier molecular flexibility index (Phi) is 5.08. The minimum Gasteiger partial charge on any atom is -0.381 e. The summed E-state index contributed by atoms with van der Waals surface area (Å²) in [5.74, 6) is 0.239. The number of rotatable bonds is 4. The number of hydrogen-bond donors (Lipinski definition) is 3. The van der Waals surface area contributed by atoms with Crippen molar-refractivity contribution in [2.75, 3.05) is 26.3 Å². The summed E-state index contributed by atoms with van der Waals surface area (Å²) in [4.78, 5) is 20.3. The Morgan fingerprint density at radius 1 is 1.20 bits per heavy atom. The highest BCUT2D eigenvalue weighted by Gasteiger charge is 2.52. The van der Waals surface area contributed by atoms with Gasteiger partial charge >= 0.3 is 6.03 Å². The van der Waals surface area contributed by atoms with Gasteiger partial charge in [-0.3, -0.25) is 15.6 Å². The number of nitrogens with one attached hydrogen (secondary N) is 3. The van der Waals surface area contributed by atoms with Gasteiger partial charge in [-0.25, -0.2) is 4.79 Å². The summed E-state index contributed by atoms with van der Waals surface area (Å²) in [6.07, 6.45) is 3.97. The Hall–Kier alpha value is -1.96. The summed E-state index contributed by atoms with van der Waals surface area (Å²) in [5, 5.41) is 10.5. The first-order valence-electron chi connectivity index (χ1n) is 11.3. The SMILES string of the molecule is CC1(C)C2CNC(NC3CCOCC3)N=C2CN1C(=O)NC1(c2ccccc2)CC1. The predicted octanol–water partition coefficient (Wildman–Crippen LogP) is 2.19. The maximum absolute atomic E-state index is 13.3. The van der Waals surface area contributed by atoms with Gasteiger partial charge in [-0.1, -0.05) is 30.3 Å². The molecular weight excluding hydrogens is 378 g/mol. The maximum atomic E-state index is 13.3. The molecule has 1 aliphatic carbocycles. The fourth-order valence-corrected chi connectivity index (χ4v) is 5.17. The monoisotopic (exact) mass is 411 g/mol. The summed E-state index contributed by atoms with van der Waals surface area (Å²) in [5.41, 5.74) is 1.86. The minimum absolute atomic E-state index is 0.0207. The summed E-state index contributed by atoms with van der Waals surface area (Å²) < 4.78 is 5.46. The lowest BCUT2D eigenvalue weighted by molar-refractivity contribution is 0.0730. The molecule has 7 nitrogen and oxygen atoms in total. The van der Waals surface area contributed by atoms with E-state index in [0.717, 1.165) is 51.2 Å². The number of aliphatic imine (C=N–C) groups is 1. The first-order chi connectivity index (χ1) is 14.5. The fourth-order valence-electron chi connectivity index (χ4n) is 5.17. The normalized spacial score (nSPS) is 29.8. The van der Waals surface area contributed by atoms with Crippen LogP contribution in [0.5, 0.6) is 0 Å². The summed E-state index contributed by atoms with van der Waals surface area (Å²) in [7, 11) is 0. The first kappa shape index (κ1) is 20.0. The van der Waals surface area contributed by atoms with Crippen molar-refractivity contribution in [3.8, 4) is 0 Å². The van der Waals surface area contributed by atoms with E-state index >= 15 is 0 Å². The number of hydrogen-bond acceptors (Lipinski definition) is 5.